The standard InChI is InChI=1S/C20H20N2O4/c1-14-12-20(24,16-5-3-2-4-6-16)22(21-14)19(23)10-8-15-7-9-17-18(11-15)26-13-25-17/h2-7,9,11,24H,8,10,12-13H2,1H3/t20-/m0/s1. The van der Waals surface area contributed by atoms with Crippen LogP contribution in [0.5, 0.6) is 11.5 Å². The number of aryl methyl sites for hydroxylation is 1. The molecule has 6 heteroatoms. The van der Waals surface area contributed by atoms with Crippen LogP contribution >= 0.6 is 0 Å². The molecular weight excluding hydrogens is 332 g/mol. The summed E-state index contributed by atoms with van der Waals surface area (Å²) in [5, 5.41) is 16.7. The Bertz CT molecular complexity index is 865. The van der Waals surface area contributed by atoms with Gasteiger partial charge >= 0.3 is 0 Å². The lowest BCUT2D eigenvalue weighted by molar-refractivity contribution is -0.157. The zero-order valence-corrected chi connectivity index (χ0v) is 14.5. The largest absolute Gasteiger partial charge is 0.454 e. The van der Waals surface area contributed by atoms with Gasteiger partial charge in [-0.2, -0.15) is 10.1 Å². The first kappa shape index (κ1) is 16.6. The summed E-state index contributed by atoms with van der Waals surface area (Å²) < 4.78 is 10.7. The summed E-state index contributed by atoms with van der Waals surface area (Å²) in [4.78, 5) is 12.8. The van der Waals surface area contributed by atoms with Crippen LogP contribution in [0.2, 0.25) is 0 Å². The molecule has 6 nitrogen and oxygen atoms in total. The van der Waals surface area contributed by atoms with Crippen molar-refractivity contribution >= 4 is 11.6 Å². The molecule has 1 amide bonds. The second-order valence-corrected chi connectivity index (χ2v) is 6.59. The van der Waals surface area contributed by atoms with E-state index in [9.17, 15) is 9.90 Å². The van der Waals surface area contributed by atoms with E-state index in [1.807, 2.05) is 55.5 Å². The van der Waals surface area contributed by atoms with E-state index >= 15 is 0 Å². The third kappa shape index (κ3) is 2.93. The first-order valence-electron chi connectivity index (χ1n) is 8.60. The second kappa shape index (κ2) is 6.46. The fourth-order valence-corrected chi connectivity index (χ4v) is 3.37. The van der Waals surface area contributed by atoms with Gasteiger partial charge in [0.25, 0.3) is 0 Å². The van der Waals surface area contributed by atoms with E-state index in [4.69, 9.17) is 9.47 Å². The first-order valence-corrected chi connectivity index (χ1v) is 8.60. The molecule has 2 aliphatic rings. The van der Waals surface area contributed by atoms with Gasteiger partial charge < -0.3 is 14.6 Å². The van der Waals surface area contributed by atoms with E-state index in [0.717, 1.165) is 17.0 Å². The molecule has 2 aromatic carbocycles. The Kier molecular flexibility index (Phi) is 4.12. The third-order valence-electron chi connectivity index (χ3n) is 4.66. The van der Waals surface area contributed by atoms with E-state index < -0.39 is 5.72 Å². The van der Waals surface area contributed by atoms with Crippen molar-refractivity contribution in [2.24, 2.45) is 5.10 Å². The lowest BCUT2D eigenvalue weighted by Crippen LogP contribution is -2.43. The molecule has 0 fully saturated rings. The van der Waals surface area contributed by atoms with Gasteiger partial charge in [0, 0.05) is 24.1 Å². The number of carbonyl (C=O) groups is 1. The predicted molar refractivity (Wildman–Crippen MR) is 95.8 cm³/mol. The van der Waals surface area contributed by atoms with Crippen molar-refractivity contribution in [2.75, 3.05) is 6.79 Å². The fourth-order valence-electron chi connectivity index (χ4n) is 3.37. The maximum atomic E-state index is 12.8. The topological polar surface area (TPSA) is 71.4 Å². The summed E-state index contributed by atoms with van der Waals surface area (Å²) in [5.41, 5.74) is 0.952. The summed E-state index contributed by atoms with van der Waals surface area (Å²) in [6.45, 7) is 2.04. The smallest absolute Gasteiger partial charge is 0.245 e. The summed E-state index contributed by atoms with van der Waals surface area (Å²) >= 11 is 0. The first-order chi connectivity index (χ1) is 12.6. The van der Waals surface area contributed by atoms with Gasteiger partial charge in [0.1, 0.15) is 0 Å². The molecule has 26 heavy (non-hydrogen) atoms. The van der Waals surface area contributed by atoms with Crippen molar-refractivity contribution < 1.29 is 19.4 Å². The number of hydrogen-bond donors (Lipinski definition) is 1. The Labute approximate surface area is 151 Å². The Hall–Kier alpha value is -2.86. The molecule has 1 atom stereocenters. The zero-order valence-electron chi connectivity index (χ0n) is 14.5. The van der Waals surface area contributed by atoms with Gasteiger partial charge in [-0.25, -0.2) is 0 Å². The minimum absolute atomic E-state index is 0.217. The molecule has 2 heterocycles. The molecule has 134 valence electrons. The molecule has 0 radical (unpaired) electrons. The predicted octanol–water partition coefficient (Wildman–Crippen LogP) is 2.80. The highest BCUT2D eigenvalue weighted by Gasteiger charge is 2.44. The highest BCUT2D eigenvalue weighted by atomic mass is 16.7. The van der Waals surface area contributed by atoms with Gasteiger partial charge in [0.15, 0.2) is 17.2 Å². The van der Waals surface area contributed by atoms with Crippen molar-refractivity contribution in [1.82, 2.24) is 5.01 Å². The van der Waals surface area contributed by atoms with Gasteiger partial charge in [0.2, 0.25) is 12.7 Å². The number of carbonyl (C=O) groups excluding carboxylic acids is 1. The number of nitrogens with zero attached hydrogens (tertiary/aromatic N) is 2. The van der Waals surface area contributed by atoms with E-state index in [1.165, 1.54) is 5.01 Å². The van der Waals surface area contributed by atoms with Crippen molar-refractivity contribution in [1.29, 1.82) is 0 Å². The highest BCUT2D eigenvalue weighted by Crippen LogP contribution is 2.36. The Morgan fingerprint density at radius 1 is 1.19 bits per heavy atom. The van der Waals surface area contributed by atoms with E-state index in [-0.39, 0.29) is 19.1 Å². The van der Waals surface area contributed by atoms with Crippen LogP contribution < -0.4 is 9.47 Å². The van der Waals surface area contributed by atoms with Crippen LogP contribution in [-0.4, -0.2) is 28.5 Å². The number of rotatable bonds is 4. The molecule has 0 spiro atoms. The summed E-state index contributed by atoms with van der Waals surface area (Å²) in [5.74, 6) is 1.20. The van der Waals surface area contributed by atoms with Crippen LogP contribution in [-0.2, 0) is 16.9 Å². The van der Waals surface area contributed by atoms with Crippen LogP contribution in [0, 0.1) is 0 Å². The number of amides is 1. The molecule has 0 aromatic heterocycles. The normalized spacial score (nSPS) is 21.0. The molecule has 0 saturated carbocycles. The summed E-state index contributed by atoms with van der Waals surface area (Å²) in [7, 11) is 0. The van der Waals surface area contributed by atoms with Crippen molar-refractivity contribution in [2.45, 2.75) is 31.9 Å². The minimum Gasteiger partial charge on any atom is -0.454 e. The van der Waals surface area contributed by atoms with Gasteiger partial charge in [-0.3, -0.25) is 4.79 Å². The van der Waals surface area contributed by atoms with Gasteiger partial charge in [-0.15, -0.1) is 0 Å². The molecule has 0 saturated heterocycles. The van der Waals surface area contributed by atoms with Crippen LogP contribution in [0.3, 0.4) is 0 Å². The molecule has 0 bridgehead atoms. The Morgan fingerprint density at radius 2 is 1.96 bits per heavy atom. The zero-order chi connectivity index (χ0) is 18.1. The molecule has 2 aromatic rings. The number of aliphatic hydroxyl groups is 1. The lowest BCUT2D eigenvalue weighted by Gasteiger charge is -2.31. The number of ether oxygens (including phenoxy) is 2. The lowest BCUT2D eigenvalue weighted by atomic mass is 9.97. The molecule has 1 N–H and O–H groups in total. The number of hydrogen-bond acceptors (Lipinski definition) is 5. The highest BCUT2D eigenvalue weighted by molar-refractivity contribution is 5.89. The summed E-state index contributed by atoms with van der Waals surface area (Å²) in [6, 6.07) is 14.8. The van der Waals surface area contributed by atoms with Gasteiger partial charge in [0.05, 0.1) is 0 Å². The number of fused-ring (bicyclic) bond motifs is 1. The van der Waals surface area contributed by atoms with E-state index in [0.29, 0.717) is 24.2 Å². The van der Waals surface area contributed by atoms with E-state index in [1.54, 1.807) is 0 Å². The molecule has 0 unspecified atom stereocenters. The number of hydrazone groups is 1. The molecular formula is C20H20N2O4. The van der Waals surface area contributed by atoms with Crippen molar-refractivity contribution in [3.05, 3.63) is 59.7 Å². The monoisotopic (exact) mass is 352 g/mol. The van der Waals surface area contributed by atoms with Gasteiger partial charge in [-0.1, -0.05) is 36.4 Å². The molecule has 4 rings (SSSR count). The fraction of sp³-hybridized carbons (Fsp3) is 0.300. The summed E-state index contributed by atoms with van der Waals surface area (Å²) in [6.07, 6.45) is 1.09. The van der Waals surface area contributed by atoms with Crippen LogP contribution in [0.15, 0.2) is 53.6 Å². The van der Waals surface area contributed by atoms with Crippen molar-refractivity contribution in [3.63, 3.8) is 0 Å². The maximum absolute atomic E-state index is 12.8. The van der Waals surface area contributed by atoms with Crippen molar-refractivity contribution in [3.8, 4) is 11.5 Å². The minimum atomic E-state index is -1.42. The Balaban J connectivity index is 1.49. The second-order valence-electron chi connectivity index (χ2n) is 6.59. The number of benzene rings is 2. The molecule has 0 aliphatic carbocycles. The van der Waals surface area contributed by atoms with Gasteiger partial charge in [-0.05, 0) is 31.0 Å². The van der Waals surface area contributed by atoms with Crippen LogP contribution in [0.25, 0.3) is 0 Å². The van der Waals surface area contributed by atoms with Crippen LogP contribution in [0.1, 0.15) is 30.9 Å². The maximum Gasteiger partial charge on any atom is 0.245 e. The molecule has 2 aliphatic heterocycles. The van der Waals surface area contributed by atoms with Crippen LogP contribution in [0.4, 0.5) is 0 Å². The Morgan fingerprint density at radius 3 is 2.77 bits per heavy atom. The SMILES string of the molecule is CC1=NN(C(=O)CCc2ccc3c(c2)OCO3)[C@@](O)(c2ccccc2)C1. The average Bonchev–Trinajstić information content (AvgIpc) is 3.24. The third-order valence-corrected chi connectivity index (χ3v) is 4.66. The quantitative estimate of drug-likeness (QED) is 0.918. The average molecular weight is 352 g/mol. The van der Waals surface area contributed by atoms with E-state index in [2.05, 4.69) is 5.10 Å².